The molecule has 0 radical (unpaired) electrons. The molecule has 0 aliphatic rings. The number of nitrogens with zero attached hydrogens (tertiary/aromatic N) is 1. The zero-order valence-corrected chi connectivity index (χ0v) is 11.4. The highest BCUT2D eigenvalue weighted by atomic mass is 79.9. The summed E-state index contributed by atoms with van der Waals surface area (Å²) in [5, 5.41) is 3.12. The van der Waals surface area contributed by atoms with Crippen molar-refractivity contribution in [2.24, 2.45) is 0 Å². The van der Waals surface area contributed by atoms with Gasteiger partial charge in [0.25, 0.3) is 5.56 Å². The van der Waals surface area contributed by atoms with Crippen LogP contribution in [0.1, 0.15) is 18.5 Å². The van der Waals surface area contributed by atoms with Gasteiger partial charge >= 0.3 is 0 Å². The minimum atomic E-state index is -0.337. The Morgan fingerprint density at radius 2 is 2.06 bits per heavy atom. The van der Waals surface area contributed by atoms with Gasteiger partial charge in [-0.15, -0.1) is 0 Å². The first kappa shape index (κ1) is 12.6. The third kappa shape index (κ3) is 2.70. The molecule has 1 aromatic carbocycles. The van der Waals surface area contributed by atoms with Gasteiger partial charge in [-0.25, -0.2) is 4.98 Å². The Bertz CT molecular complexity index is 594. The standard InChI is InChI=1S/C12H13BrN4O/c1-7(8-2-4-9(13)5-3-8)17-11-10(14)12(18)16-6-15-11/h2-7H,14H2,1H3,(H2,15,16,17,18). The molecule has 0 aliphatic heterocycles. The van der Waals surface area contributed by atoms with E-state index in [1.165, 1.54) is 6.33 Å². The molecule has 0 aliphatic carbocycles. The largest absolute Gasteiger partial charge is 0.391 e. The average molecular weight is 309 g/mol. The lowest BCUT2D eigenvalue weighted by Gasteiger charge is -2.15. The minimum absolute atomic E-state index is 0.00898. The Labute approximate surface area is 113 Å². The summed E-state index contributed by atoms with van der Waals surface area (Å²) >= 11 is 3.38. The van der Waals surface area contributed by atoms with E-state index in [0.717, 1.165) is 10.0 Å². The SMILES string of the molecule is CC(Nc1nc[nH]c(=O)c1N)c1ccc(Br)cc1. The van der Waals surface area contributed by atoms with Crippen molar-refractivity contribution in [3.63, 3.8) is 0 Å². The number of rotatable bonds is 3. The van der Waals surface area contributed by atoms with E-state index in [-0.39, 0.29) is 17.3 Å². The summed E-state index contributed by atoms with van der Waals surface area (Å²) in [4.78, 5) is 17.8. The normalized spacial score (nSPS) is 12.1. The van der Waals surface area contributed by atoms with Crippen LogP contribution in [-0.4, -0.2) is 9.97 Å². The summed E-state index contributed by atoms with van der Waals surface area (Å²) in [5.41, 5.74) is 6.50. The summed E-state index contributed by atoms with van der Waals surface area (Å²) in [7, 11) is 0. The summed E-state index contributed by atoms with van der Waals surface area (Å²) in [6.45, 7) is 1.98. The molecule has 5 nitrogen and oxygen atoms in total. The number of nitrogens with one attached hydrogen (secondary N) is 2. The van der Waals surface area contributed by atoms with Gasteiger partial charge < -0.3 is 16.0 Å². The number of aromatic nitrogens is 2. The minimum Gasteiger partial charge on any atom is -0.391 e. The lowest BCUT2D eigenvalue weighted by molar-refractivity contribution is 0.871. The van der Waals surface area contributed by atoms with Crippen LogP contribution in [0.5, 0.6) is 0 Å². The van der Waals surface area contributed by atoms with E-state index in [0.29, 0.717) is 5.82 Å². The molecule has 1 atom stereocenters. The molecule has 6 heteroatoms. The quantitative estimate of drug-likeness (QED) is 0.812. The van der Waals surface area contributed by atoms with Crippen LogP contribution in [-0.2, 0) is 0 Å². The fraction of sp³-hybridized carbons (Fsp3) is 0.167. The predicted molar refractivity (Wildman–Crippen MR) is 75.4 cm³/mol. The second-order valence-electron chi connectivity index (χ2n) is 3.91. The van der Waals surface area contributed by atoms with Crippen molar-refractivity contribution in [3.05, 3.63) is 51.0 Å². The van der Waals surface area contributed by atoms with Gasteiger partial charge in [0.1, 0.15) is 5.69 Å². The maximum absolute atomic E-state index is 11.3. The fourth-order valence-electron chi connectivity index (χ4n) is 1.57. The van der Waals surface area contributed by atoms with Crippen molar-refractivity contribution in [1.82, 2.24) is 9.97 Å². The molecule has 0 amide bonds. The molecule has 4 N–H and O–H groups in total. The highest BCUT2D eigenvalue weighted by molar-refractivity contribution is 9.10. The molecule has 2 rings (SSSR count). The van der Waals surface area contributed by atoms with Crippen molar-refractivity contribution in [2.75, 3.05) is 11.1 Å². The van der Waals surface area contributed by atoms with Gasteiger partial charge in [0.2, 0.25) is 0 Å². The first-order valence-corrected chi connectivity index (χ1v) is 6.22. The van der Waals surface area contributed by atoms with Crippen molar-refractivity contribution >= 4 is 27.4 Å². The van der Waals surface area contributed by atoms with Crippen LogP contribution < -0.4 is 16.6 Å². The maximum Gasteiger partial charge on any atom is 0.276 e. The fourth-order valence-corrected chi connectivity index (χ4v) is 1.83. The highest BCUT2D eigenvalue weighted by Crippen LogP contribution is 2.21. The lowest BCUT2D eigenvalue weighted by atomic mass is 10.1. The molecule has 1 aromatic heterocycles. The van der Waals surface area contributed by atoms with Crippen LogP contribution in [0.25, 0.3) is 0 Å². The number of hydrogen-bond donors (Lipinski definition) is 3. The summed E-state index contributed by atoms with van der Waals surface area (Å²) in [5.74, 6) is 0.397. The molecule has 18 heavy (non-hydrogen) atoms. The Hall–Kier alpha value is -1.82. The van der Waals surface area contributed by atoms with Gasteiger partial charge in [-0.1, -0.05) is 28.1 Å². The van der Waals surface area contributed by atoms with E-state index < -0.39 is 0 Å². The molecular weight excluding hydrogens is 296 g/mol. The topological polar surface area (TPSA) is 83.8 Å². The van der Waals surface area contributed by atoms with E-state index in [2.05, 4.69) is 31.2 Å². The maximum atomic E-state index is 11.3. The van der Waals surface area contributed by atoms with E-state index in [1.807, 2.05) is 31.2 Å². The number of halogens is 1. The number of H-pyrrole nitrogens is 1. The smallest absolute Gasteiger partial charge is 0.276 e. The molecule has 0 spiro atoms. The lowest BCUT2D eigenvalue weighted by Crippen LogP contribution is -2.17. The van der Waals surface area contributed by atoms with E-state index >= 15 is 0 Å². The van der Waals surface area contributed by atoms with Crippen molar-refractivity contribution in [1.29, 1.82) is 0 Å². The summed E-state index contributed by atoms with van der Waals surface area (Å²) in [6, 6.07) is 7.91. The second-order valence-corrected chi connectivity index (χ2v) is 4.83. The molecule has 1 unspecified atom stereocenters. The number of aromatic amines is 1. The molecule has 0 bridgehead atoms. The first-order chi connectivity index (χ1) is 8.58. The van der Waals surface area contributed by atoms with Crippen molar-refractivity contribution in [3.8, 4) is 0 Å². The van der Waals surface area contributed by atoms with E-state index in [1.54, 1.807) is 0 Å². The zero-order chi connectivity index (χ0) is 13.1. The number of hydrogen-bond acceptors (Lipinski definition) is 4. The van der Waals surface area contributed by atoms with E-state index in [4.69, 9.17) is 5.73 Å². The Balaban J connectivity index is 2.21. The molecule has 0 saturated carbocycles. The van der Waals surface area contributed by atoms with Crippen LogP contribution in [0.4, 0.5) is 11.5 Å². The average Bonchev–Trinajstić information content (AvgIpc) is 2.36. The number of nitrogen functional groups attached to an aromatic ring is 1. The van der Waals surface area contributed by atoms with Crippen molar-refractivity contribution < 1.29 is 0 Å². The van der Waals surface area contributed by atoms with E-state index in [9.17, 15) is 4.79 Å². The predicted octanol–water partition coefficient (Wildman–Crippen LogP) is 2.29. The molecule has 2 aromatic rings. The number of anilines is 2. The van der Waals surface area contributed by atoms with Gasteiger partial charge in [-0.05, 0) is 24.6 Å². The molecule has 1 heterocycles. The van der Waals surface area contributed by atoms with Gasteiger partial charge in [0.05, 0.1) is 12.4 Å². The molecule has 0 fully saturated rings. The Morgan fingerprint density at radius 1 is 1.39 bits per heavy atom. The number of nitrogens with two attached hydrogens (primary N) is 1. The second kappa shape index (κ2) is 5.22. The van der Waals surface area contributed by atoms with Gasteiger partial charge in [0.15, 0.2) is 5.82 Å². The third-order valence-corrected chi connectivity index (χ3v) is 3.14. The van der Waals surface area contributed by atoms with Crippen LogP contribution in [0.2, 0.25) is 0 Å². The highest BCUT2D eigenvalue weighted by Gasteiger charge is 2.09. The van der Waals surface area contributed by atoms with Gasteiger partial charge in [-0.3, -0.25) is 4.79 Å². The van der Waals surface area contributed by atoms with Crippen molar-refractivity contribution in [2.45, 2.75) is 13.0 Å². The Kier molecular flexibility index (Phi) is 3.66. The first-order valence-electron chi connectivity index (χ1n) is 5.43. The van der Waals surface area contributed by atoms with Gasteiger partial charge in [-0.2, -0.15) is 0 Å². The van der Waals surface area contributed by atoms with Crippen LogP contribution in [0.3, 0.4) is 0 Å². The molecule has 94 valence electrons. The molecule has 0 saturated heterocycles. The number of benzene rings is 1. The third-order valence-electron chi connectivity index (χ3n) is 2.61. The summed E-state index contributed by atoms with van der Waals surface area (Å²) in [6.07, 6.45) is 1.33. The zero-order valence-electron chi connectivity index (χ0n) is 9.77. The van der Waals surface area contributed by atoms with Crippen LogP contribution in [0.15, 0.2) is 39.9 Å². The molecular formula is C12H13BrN4O. The monoisotopic (exact) mass is 308 g/mol. The van der Waals surface area contributed by atoms with Gasteiger partial charge in [0, 0.05) is 4.47 Å². The Morgan fingerprint density at radius 3 is 2.72 bits per heavy atom. The summed E-state index contributed by atoms with van der Waals surface area (Å²) < 4.78 is 1.02. The van der Waals surface area contributed by atoms with Crippen LogP contribution >= 0.6 is 15.9 Å². The van der Waals surface area contributed by atoms with Crippen LogP contribution in [0, 0.1) is 0 Å².